The number of carbonyl (C=O) groups excluding carboxylic acids is 2. The Morgan fingerprint density at radius 2 is 2.19 bits per heavy atom. The minimum absolute atomic E-state index is 0.0454. The average molecular weight is 294 g/mol. The van der Waals surface area contributed by atoms with Crippen LogP contribution in [0.5, 0.6) is 0 Å². The van der Waals surface area contributed by atoms with Crippen molar-refractivity contribution in [3.8, 4) is 0 Å². The average Bonchev–Trinajstić information content (AvgIpc) is 2.89. The largest absolute Gasteiger partial charge is 0.361 e. The van der Waals surface area contributed by atoms with Crippen LogP contribution in [-0.4, -0.2) is 67.0 Å². The second kappa shape index (κ2) is 6.71. The van der Waals surface area contributed by atoms with Gasteiger partial charge in [0, 0.05) is 45.7 Å². The van der Waals surface area contributed by atoms with Crippen LogP contribution in [0.4, 0.5) is 0 Å². The fraction of sp³-hybridized carbons (Fsp3) is 0.643. The van der Waals surface area contributed by atoms with E-state index in [0.717, 1.165) is 6.54 Å². The number of carbonyl (C=O) groups is 2. The molecule has 1 saturated heterocycles. The topological polar surface area (TPSA) is 78.7 Å². The van der Waals surface area contributed by atoms with Crippen LogP contribution in [0.2, 0.25) is 0 Å². The fourth-order valence-corrected chi connectivity index (χ4v) is 2.47. The molecule has 2 amide bonds. The summed E-state index contributed by atoms with van der Waals surface area (Å²) in [5, 5.41) is 6.48. The van der Waals surface area contributed by atoms with Crippen molar-refractivity contribution in [2.75, 3.05) is 40.3 Å². The molecule has 7 nitrogen and oxygen atoms in total. The van der Waals surface area contributed by atoms with Crippen molar-refractivity contribution in [3.63, 3.8) is 0 Å². The predicted molar refractivity (Wildman–Crippen MR) is 76.8 cm³/mol. The zero-order valence-electron chi connectivity index (χ0n) is 12.8. The lowest BCUT2D eigenvalue weighted by molar-refractivity contribution is -0.125. The molecule has 1 aliphatic rings. The van der Waals surface area contributed by atoms with Crippen molar-refractivity contribution in [2.45, 2.75) is 13.3 Å². The second-order valence-corrected chi connectivity index (χ2v) is 5.36. The van der Waals surface area contributed by atoms with Crippen LogP contribution in [0.1, 0.15) is 23.2 Å². The number of rotatable bonds is 3. The number of hydrogen-bond acceptors (Lipinski definition) is 5. The van der Waals surface area contributed by atoms with E-state index >= 15 is 0 Å². The number of aromatic nitrogens is 1. The molecule has 0 saturated carbocycles. The lowest BCUT2D eigenvalue weighted by Crippen LogP contribution is -2.41. The van der Waals surface area contributed by atoms with E-state index < -0.39 is 0 Å². The summed E-state index contributed by atoms with van der Waals surface area (Å²) in [5.74, 6) is 0.232. The molecule has 116 valence electrons. The van der Waals surface area contributed by atoms with Crippen molar-refractivity contribution in [3.05, 3.63) is 17.5 Å². The third-order valence-electron chi connectivity index (χ3n) is 3.76. The first-order valence-corrected chi connectivity index (χ1v) is 7.20. The zero-order valence-corrected chi connectivity index (χ0v) is 12.8. The molecule has 1 aliphatic heterocycles. The van der Waals surface area contributed by atoms with Crippen molar-refractivity contribution in [2.24, 2.45) is 5.92 Å². The summed E-state index contributed by atoms with van der Waals surface area (Å²) in [5.41, 5.74) is 0.312. The van der Waals surface area contributed by atoms with Crippen molar-refractivity contribution >= 4 is 11.8 Å². The van der Waals surface area contributed by atoms with Gasteiger partial charge in [0.25, 0.3) is 5.91 Å². The summed E-state index contributed by atoms with van der Waals surface area (Å²) in [6, 6.07) is 1.67. The van der Waals surface area contributed by atoms with Gasteiger partial charge in [-0.25, -0.2) is 0 Å². The first-order valence-electron chi connectivity index (χ1n) is 7.20. The molecule has 2 rings (SSSR count). The molecular weight excluding hydrogens is 272 g/mol. The third-order valence-corrected chi connectivity index (χ3v) is 3.76. The van der Waals surface area contributed by atoms with Crippen LogP contribution in [0.3, 0.4) is 0 Å². The fourth-order valence-electron chi connectivity index (χ4n) is 2.47. The highest BCUT2D eigenvalue weighted by molar-refractivity contribution is 5.92. The van der Waals surface area contributed by atoms with E-state index in [4.69, 9.17) is 4.52 Å². The van der Waals surface area contributed by atoms with Gasteiger partial charge in [0.05, 0.1) is 5.92 Å². The van der Waals surface area contributed by atoms with Gasteiger partial charge in [-0.1, -0.05) is 12.1 Å². The van der Waals surface area contributed by atoms with Gasteiger partial charge in [0.15, 0.2) is 5.69 Å². The maximum absolute atomic E-state index is 12.5. The smallest absolute Gasteiger partial charge is 0.276 e. The van der Waals surface area contributed by atoms with Gasteiger partial charge in [-0.2, -0.15) is 0 Å². The van der Waals surface area contributed by atoms with Crippen LogP contribution in [0, 0.1) is 5.92 Å². The molecule has 1 aromatic rings. The lowest BCUT2D eigenvalue weighted by atomic mass is 10.1. The lowest BCUT2D eigenvalue weighted by Gasteiger charge is -2.22. The highest BCUT2D eigenvalue weighted by Gasteiger charge is 2.29. The minimum Gasteiger partial charge on any atom is -0.361 e. The van der Waals surface area contributed by atoms with Gasteiger partial charge >= 0.3 is 0 Å². The van der Waals surface area contributed by atoms with E-state index in [-0.39, 0.29) is 17.7 Å². The summed E-state index contributed by atoms with van der Waals surface area (Å²) < 4.78 is 5.09. The van der Waals surface area contributed by atoms with Crippen LogP contribution < -0.4 is 5.32 Å². The van der Waals surface area contributed by atoms with Crippen LogP contribution in [0.25, 0.3) is 0 Å². The van der Waals surface area contributed by atoms with Gasteiger partial charge < -0.3 is 19.6 Å². The first kappa shape index (κ1) is 15.5. The van der Waals surface area contributed by atoms with Gasteiger partial charge in [-0.3, -0.25) is 9.59 Å². The summed E-state index contributed by atoms with van der Waals surface area (Å²) in [6.07, 6.45) is 0.698. The first-order chi connectivity index (χ1) is 10.0. The highest BCUT2D eigenvalue weighted by atomic mass is 16.5. The van der Waals surface area contributed by atoms with Gasteiger partial charge in [-0.15, -0.1) is 0 Å². The predicted octanol–water partition coefficient (Wildman–Crippen LogP) is -0.0132. The van der Waals surface area contributed by atoms with E-state index in [1.807, 2.05) is 14.0 Å². The van der Waals surface area contributed by atoms with Crippen LogP contribution in [-0.2, 0) is 11.2 Å². The van der Waals surface area contributed by atoms with E-state index in [1.54, 1.807) is 18.0 Å². The standard InChI is InChI=1S/C14H22N4O3/c1-4-11-7-12(16-21-11)14(20)18-6-5-17(3)8-10(9-18)13(19)15-2/h7,10H,4-6,8-9H2,1-3H3,(H,15,19)/t10-/m0/s1. The number of nitrogens with one attached hydrogen (secondary N) is 1. The molecule has 0 aromatic carbocycles. The SMILES string of the molecule is CCc1cc(C(=O)N2CCN(C)C[C@H](C(=O)NC)C2)no1. The molecule has 0 bridgehead atoms. The summed E-state index contributed by atoms with van der Waals surface area (Å²) in [6.45, 7) is 4.30. The van der Waals surface area contributed by atoms with E-state index in [9.17, 15) is 9.59 Å². The number of amides is 2. The van der Waals surface area contributed by atoms with Gasteiger partial charge in [0.2, 0.25) is 5.91 Å². The molecule has 2 heterocycles. The Balaban J connectivity index is 2.13. The minimum atomic E-state index is -0.232. The maximum atomic E-state index is 12.5. The maximum Gasteiger partial charge on any atom is 0.276 e. The molecule has 7 heteroatoms. The van der Waals surface area contributed by atoms with Crippen molar-refractivity contribution in [1.82, 2.24) is 20.3 Å². The van der Waals surface area contributed by atoms with Crippen LogP contribution >= 0.6 is 0 Å². The Hall–Kier alpha value is -1.89. The van der Waals surface area contributed by atoms with Gasteiger partial charge in [0.1, 0.15) is 5.76 Å². The molecule has 0 unspecified atom stereocenters. The number of likely N-dealkylation sites (N-methyl/N-ethyl adjacent to an activating group) is 1. The molecule has 1 atom stereocenters. The molecule has 0 radical (unpaired) electrons. The Morgan fingerprint density at radius 1 is 1.43 bits per heavy atom. The quantitative estimate of drug-likeness (QED) is 0.848. The molecule has 1 fully saturated rings. The summed E-state index contributed by atoms with van der Waals surface area (Å²) >= 11 is 0. The highest BCUT2D eigenvalue weighted by Crippen LogP contribution is 2.13. The summed E-state index contributed by atoms with van der Waals surface area (Å²) in [7, 11) is 3.57. The van der Waals surface area contributed by atoms with E-state index in [2.05, 4.69) is 15.4 Å². The molecule has 1 N–H and O–H groups in total. The van der Waals surface area contributed by atoms with Crippen molar-refractivity contribution < 1.29 is 14.1 Å². The monoisotopic (exact) mass is 294 g/mol. The second-order valence-electron chi connectivity index (χ2n) is 5.36. The normalized spacial score (nSPS) is 20.1. The Morgan fingerprint density at radius 3 is 2.81 bits per heavy atom. The zero-order chi connectivity index (χ0) is 15.4. The Labute approximate surface area is 124 Å². The Bertz CT molecular complexity index is 514. The molecule has 0 spiro atoms. The van der Waals surface area contributed by atoms with E-state index in [1.165, 1.54) is 0 Å². The number of nitrogens with zero attached hydrogens (tertiary/aromatic N) is 3. The van der Waals surface area contributed by atoms with E-state index in [0.29, 0.717) is 37.5 Å². The van der Waals surface area contributed by atoms with Gasteiger partial charge in [-0.05, 0) is 7.05 Å². The molecular formula is C14H22N4O3. The Kier molecular flexibility index (Phi) is 4.95. The van der Waals surface area contributed by atoms with Crippen LogP contribution in [0.15, 0.2) is 10.6 Å². The van der Waals surface area contributed by atoms with Crippen molar-refractivity contribution in [1.29, 1.82) is 0 Å². The molecule has 21 heavy (non-hydrogen) atoms. The number of hydrogen-bond donors (Lipinski definition) is 1. The molecule has 0 aliphatic carbocycles. The summed E-state index contributed by atoms with van der Waals surface area (Å²) in [4.78, 5) is 28.2. The third kappa shape index (κ3) is 3.60. The molecule has 1 aromatic heterocycles. The number of aryl methyl sites for hydroxylation is 1.